The summed E-state index contributed by atoms with van der Waals surface area (Å²) in [7, 11) is -3.57. The van der Waals surface area contributed by atoms with Crippen LogP contribution in [0.15, 0.2) is 41.3 Å². The molecule has 2 aliphatic rings. The van der Waals surface area contributed by atoms with Gasteiger partial charge in [-0.1, -0.05) is 29.8 Å². The topological polar surface area (TPSA) is 88.2 Å². The van der Waals surface area contributed by atoms with E-state index in [1.165, 1.54) is 4.31 Å². The molecule has 0 spiro atoms. The second kappa shape index (κ2) is 9.70. The van der Waals surface area contributed by atoms with Gasteiger partial charge in [0, 0.05) is 26.2 Å². The third-order valence-electron chi connectivity index (χ3n) is 6.00. The summed E-state index contributed by atoms with van der Waals surface area (Å²) < 4.78 is 39.5. The molecule has 1 fully saturated rings. The number of carbonyl (C=O) groups is 1. The highest BCUT2D eigenvalue weighted by atomic mass is 32.2. The number of ether oxygens (including phenoxy) is 2. The second-order valence-electron chi connectivity index (χ2n) is 8.71. The third kappa shape index (κ3) is 5.31. The van der Waals surface area contributed by atoms with Crippen LogP contribution in [0.4, 0.5) is 0 Å². The van der Waals surface area contributed by atoms with Crippen LogP contribution in [0, 0.1) is 20.8 Å². The monoisotopic (exact) mass is 473 g/mol. The Balaban J connectivity index is 1.26. The standard InChI is InChI=1S/C24H31N3O5S/c1-17-12-18(2)24(19(3)13-17)33(29,30)27-10-8-26(9-11-27)15-23(28)25-14-20-16-31-21-6-4-5-7-22(21)32-20/h4-7,12-13,20H,8-11,14-16H2,1-3H3,(H,25,28). The Morgan fingerprint density at radius 3 is 2.33 bits per heavy atom. The molecule has 0 saturated carbocycles. The summed E-state index contributed by atoms with van der Waals surface area (Å²) in [5, 5.41) is 2.90. The lowest BCUT2D eigenvalue weighted by atomic mass is 10.1. The van der Waals surface area contributed by atoms with Crippen molar-refractivity contribution in [3.63, 3.8) is 0 Å². The number of carbonyl (C=O) groups excluding carboxylic acids is 1. The Morgan fingerprint density at radius 2 is 1.67 bits per heavy atom. The molecular weight excluding hydrogens is 442 g/mol. The number of fused-ring (bicyclic) bond motifs is 1. The van der Waals surface area contributed by atoms with Crippen LogP contribution in [-0.4, -0.2) is 75.5 Å². The highest BCUT2D eigenvalue weighted by Crippen LogP contribution is 2.30. The maximum absolute atomic E-state index is 13.2. The maximum Gasteiger partial charge on any atom is 0.243 e. The van der Waals surface area contributed by atoms with E-state index in [-0.39, 0.29) is 18.6 Å². The molecule has 1 saturated heterocycles. The van der Waals surface area contributed by atoms with Crippen molar-refractivity contribution >= 4 is 15.9 Å². The SMILES string of the molecule is Cc1cc(C)c(S(=O)(=O)N2CCN(CC(=O)NCC3COc4ccccc4O3)CC2)c(C)c1. The van der Waals surface area contributed by atoms with Gasteiger partial charge in [0.15, 0.2) is 11.5 Å². The molecule has 0 aliphatic carbocycles. The predicted molar refractivity (Wildman–Crippen MR) is 125 cm³/mol. The van der Waals surface area contributed by atoms with Crippen molar-refractivity contribution in [1.82, 2.24) is 14.5 Å². The van der Waals surface area contributed by atoms with Gasteiger partial charge in [-0.15, -0.1) is 0 Å². The number of sulfonamides is 1. The van der Waals surface area contributed by atoms with Gasteiger partial charge in [-0.2, -0.15) is 4.31 Å². The van der Waals surface area contributed by atoms with E-state index in [9.17, 15) is 13.2 Å². The smallest absolute Gasteiger partial charge is 0.243 e. The average Bonchev–Trinajstić information content (AvgIpc) is 2.77. The average molecular weight is 474 g/mol. The Kier molecular flexibility index (Phi) is 6.92. The number of nitrogens with zero attached hydrogens (tertiary/aromatic N) is 2. The molecule has 8 nitrogen and oxygen atoms in total. The van der Waals surface area contributed by atoms with Crippen molar-refractivity contribution in [2.45, 2.75) is 31.8 Å². The lowest BCUT2D eigenvalue weighted by Crippen LogP contribution is -2.52. The van der Waals surface area contributed by atoms with Gasteiger partial charge in [0.05, 0.1) is 18.0 Å². The number of nitrogens with one attached hydrogen (secondary N) is 1. The number of hydrogen-bond donors (Lipinski definition) is 1. The van der Waals surface area contributed by atoms with Gasteiger partial charge in [-0.05, 0) is 44.0 Å². The zero-order valence-electron chi connectivity index (χ0n) is 19.3. The molecule has 4 rings (SSSR count). The van der Waals surface area contributed by atoms with Crippen LogP contribution in [0.1, 0.15) is 16.7 Å². The second-order valence-corrected chi connectivity index (χ2v) is 10.6. The van der Waals surface area contributed by atoms with Gasteiger partial charge in [0.2, 0.25) is 15.9 Å². The molecule has 1 atom stereocenters. The summed E-state index contributed by atoms with van der Waals surface area (Å²) in [6, 6.07) is 11.3. The predicted octanol–water partition coefficient (Wildman–Crippen LogP) is 1.87. The summed E-state index contributed by atoms with van der Waals surface area (Å²) in [5.74, 6) is 1.28. The summed E-state index contributed by atoms with van der Waals surface area (Å²) in [6.45, 7) is 8.34. The Hall–Kier alpha value is -2.62. The van der Waals surface area contributed by atoms with Gasteiger partial charge in [-0.25, -0.2) is 8.42 Å². The lowest BCUT2D eigenvalue weighted by Gasteiger charge is -2.34. The maximum atomic E-state index is 13.2. The van der Waals surface area contributed by atoms with Gasteiger partial charge in [0.1, 0.15) is 12.7 Å². The van der Waals surface area contributed by atoms with Crippen LogP contribution in [0.25, 0.3) is 0 Å². The molecule has 0 bridgehead atoms. The summed E-state index contributed by atoms with van der Waals surface area (Å²) in [5.41, 5.74) is 2.59. The largest absolute Gasteiger partial charge is 0.486 e. The quantitative estimate of drug-likeness (QED) is 0.689. The Morgan fingerprint density at radius 1 is 1.03 bits per heavy atom. The minimum atomic E-state index is -3.57. The molecule has 0 radical (unpaired) electrons. The molecule has 1 amide bonds. The first-order chi connectivity index (χ1) is 15.7. The van der Waals surface area contributed by atoms with Crippen LogP contribution in [0.5, 0.6) is 11.5 Å². The minimum Gasteiger partial charge on any atom is -0.486 e. The molecule has 9 heteroatoms. The number of hydrogen-bond acceptors (Lipinski definition) is 6. The van der Waals surface area contributed by atoms with E-state index in [1.54, 1.807) is 0 Å². The van der Waals surface area contributed by atoms with E-state index >= 15 is 0 Å². The van der Waals surface area contributed by atoms with Crippen LogP contribution in [-0.2, 0) is 14.8 Å². The van der Waals surface area contributed by atoms with Crippen LogP contribution in [0.2, 0.25) is 0 Å². The molecule has 2 heterocycles. The van der Waals surface area contributed by atoms with Gasteiger partial charge >= 0.3 is 0 Å². The number of piperazine rings is 1. The van der Waals surface area contributed by atoms with E-state index in [0.717, 1.165) is 16.7 Å². The summed E-state index contributed by atoms with van der Waals surface area (Å²) in [6.07, 6.45) is -0.244. The highest BCUT2D eigenvalue weighted by Gasteiger charge is 2.31. The Bertz CT molecular complexity index is 1100. The van der Waals surface area contributed by atoms with Crippen molar-refractivity contribution in [2.24, 2.45) is 0 Å². The van der Waals surface area contributed by atoms with Crippen molar-refractivity contribution < 1.29 is 22.7 Å². The van der Waals surface area contributed by atoms with Crippen LogP contribution < -0.4 is 14.8 Å². The van der Waals surface area contributed by atoms with Gasteiger partial charge in [-0.3, -0.25) is 9.69 Å². The number of para-hydroxylation sites is 2. The fraction of sp³-hybridized carbons (Fsp3) is 0.458. The molecular formula is C24H31N3O5S. The minimum absolute atomic E-state index is 0.112. The van der Waals surface area contributed by atoms with E-state index in [0.29, 0.717) is 55.7 Å². The van der Waals surface area contributed by atoms with E-state index in [2.05, 4.69) is 5.32 Å². The van der Waals surface area contributed by atoms with Crippen LogP contribution in [0.3, 0.4) is 0 Å². The number of benzene rings is 2. The molecule has 1 N–H and O–H groups in total. The molecule has 2 aromatic carbocycles. The molecule has 0 aromatic heterocycles. The molecule has 1 unspecified atom stereocenters. The zero-order valence-corrected chi connectivity index (χ0v) is 20.2. The van der Waals surface area contributed by atoms with E-state index in [4.69, 9.17) is 9.47 Å². The number of aryl methyl sites for hydroxylation is 3. The van der Waals surface area contributed by atoms with Gasteiger partial charge < -0.3 is 14.8 Å². The highest BCUT2D eigenvalue weighted by molar-refractivity contribution is 7.89. The lowest BCUT2D eigenvalue weighted by molar-refractivity contribution is -0.123. The Labute approximate surface area is 195 Å². The normalized spacial score (nSPS) is 19.3. The van der Waals surface area contributed by atoms with E-state index in [1.807, 2.05) is 62.1 Å². The van der Waals surface area contributed by atoms with Crippen LogP contribution >= 0.6 is 0 Å². The molecule has 2 aromatic rings. The van der Waals surface area contributed by atoms with Crippen molar-refractivity contribution in [3.8, 4) is 11.5 Å². The first-order valence-electron chi connectivity index (χ1n) is 11.2. The van der Waals surface area contributed by atoms with Crippen molar-refractivity contribution in [1.29, 1.82) is 0 Å². The third-order valence-corrected chi connectivity index (χ3v) is 8.20. The summed E-state index contributed by atoms with van der Waals surface area (Å²) in [4.78, 5) is 14.8. The molecule has 2 aliphatic heterocycles. The summed E-state index contributed by atoms with van der Waals surface area (Å²) >= 11 is 0. The van der Waals surface area contributed by atoms with E-state index < -0.39 is 10.0 Å². The van der Waals surface area contributed by atoms with Crippen molar-refractivity contribution in [3.05, 3.63) is 53.1 Å². The first-order valence-corrected chi connectivity index (χ1v) is 12.6. The number of amides is 1. The molecule has 33 heavy (non-hydrogen) atoms. The zero-order chi connectivity index (χ0) is 23.6. The fourth-order valence-electron chi connectivity index (χ4n) is 4.48. The fourth-order valence-corrected chi connectivity index (χ4v) is 6.31. The molecule has 178 valence electrons. The number of rotatable bonds is 6. The van der Waals surface area contributed by atoms with Gasteiger partial charge in [0.25, 0.3) is 0 Å². The van der Waals surface area contributed by atoms with Crippen molar-refractivity contribution in [2.75, 3.05) is 45.9 Å². The first kappa shape index (κ1) is 23.5.